The van der Waals surface area contributed by atoms with E-state index >= 15 is 0 Å². The van der Waals surface area contributed by atoms with Gasteiger partial charge < -0.3 is 15.0 Å². The Balaban J connectivity index is 2.19. The van der Waals surface area contributed by atoms with Crippen LogP contribution in [0.15, 0.2) is 36.5 Å². The first-order valence-electron chi connectivity index (χ1n) is 6.30. The van der Waals surface area contributed by atoms with Crippen LogP contribution >= 0.6 is 11.6 Å². The molecule has 1 aromatic carbocycles. The SMILES string of the molecule is COc1ccc(Cl)cc1CNc1cccnc1N(C)C. The first kappa shape index (κ1) is 14.5. The first-order valence-corrected chi connectivity index (χ1v) is 6.68. The highest BCUT2D eigenvalue weighted by Crippen LogP contribution is 2.26. The Kier molecular flexibility index (Phi) is 4.69. The van der Waals surface area contributed by atoms with Crippen molar-refractivity contribution in [3.8, 4) is 5.75 Å². The molecule has 0 atom stereocenters. The van der Waals surface area contributed by atoms with Gasteiger partial charge in [0.1, 0.15) is 5.75 Å². The molecule has 0 saturated carbocycles. The number of ether oxygens (including phenoxy) is 1. The maximum Gasteiger partial charge on any atom is 0.151 e. The van der Waals surface area contributed by atoms with Crippen LogP contribution in [0.2, 0.25) is 5.02 Å². The molecular weight excluding hydrogens is 274 g/mol. The minimum Gasteiger partial charge on any atom is -0.496 e. The van der Waals surface area contributed by atoms with Crippen LogP contribution in [0.1, 0.15) is 5.56 Å². The maximum absolute atomic E-state index is 6.03. The second-order valence-electron chi connectivity index (χ2n) is 4.58. The lowest BCUT2D eigenvalue weighted by Crippen LogP contribution is -2.14. The van der Waals surface area contributed by atoms with Gasteiger partial charge in [-0.2, -0.15) is 0 Å². The summed E-state index contributed by atoms with van der Waals surface area (Å²) in [5, 5.41) is 4.07. The van der Waals surface area contributed by atoms with Crippen LogP contribution in [-0.2, 0) is 6.54 Å². The molecular formula is C15H18ClN3O. The van der Waals surface area contributed by atoms with Crippen molar-refractivity contribution in [1.82, 2.24) is 4.98 Å². The minimum absolute atomic E-state index is 0.621. The summed E-state index contributed by atoms with van der Waals surface area (Å²) in [5.41, 5.74) is 1.98. The number of hydrogen-bond acceptors (Lipinski definition) is 4. The van der Waals surface area contributed by atoms with Crippen LogP contribution in [-0.4, -0.2) is 26.2 Å². The zero-order valence-corrected chi connectivity index (χ0v) is 12.6. The Labute approximate surface area is 124 Å². The van der Waals surface area contributed by atoms with E-state index in [1.54, 1.807) is 13.3 Å². The minimum atomic E-state index is 0.621. The maximum atomic E-state index is 6.03. The summed E-state index contributed by atoms with van der Waals surface area (Å²) in [4.78, 5) is 6.33. The summed E-state index contributed by atoms with van der Waals surface area (Å²) in [5.74, 6) is 1.71. The highest BCUT2D eigenvalue weighted by molar-refractivity contribution is 6.30. The molecule has 1 aromatic heterocycles. The fraction of sp³-hybridized carbons (Fsp3) is 0.267. The van der Waals surface area contributed by atoms with Gasteiger partial charge >= 0.3 is 0 Å². The summed E-state index contributed by atoms with van der Waals surface area (Å²) < 4.78 is 5.34. The lowest BCUT2D eigenvalue weighted by Gasteiger charge is -2.17. The van der Waals surface area contributed by atoms with Crippen molar-refractivity contribution in [2.24, 2.45) is 0 Å². The summed E-state index contributed by atoms with van der Waals surface area (Å²) >= 11 is 6.03. The number of halogens is 1. The number of rotatable bonds is 5. The Morgan fingerprint density at radius 3 is 2.80 bits per heavy atom. The van der Waals surface area contributed by atoms with E-state index in [1.807, 2.05) is 49.3 Å². The number of aromatic nitrogens is 1. The quantitative estimate of drug-likeness (QED) is 0.916. The van der Waals surface area contributed by atoms with Gasteiger partial charge in [-0.05, 0) is 30.3 Å². The molecule has 0 saturated heterocycles. The largest absolute Gasteiger partial charge is 0.496 e. The zero-order chi connectivity index (χ0) is 14.5. The highest BCUT2D eigenvalue weighted by atomic mass is 35.5. The van der Waals surface area contributed by atoms with Crippen LogP contribution in [0, 0.1) is 0 Å². The van der Waals surface area contributed by atoms with Crippen molar-refractivity contribution in [2.75, 3.05) is 31.4 Å². The zero-order valence-electron chi connectivity index (χ0n) is 11.9. The normalized spacial score (nSPS) is 10.2. The van der Waals surface area contributed by atoms with E-state index < -0.39 is 0 Å². The number of benzene rings is 1. The predicted octanol–water partition coefficient (Wildman–Crippen LogP) is 3.42. The Morgan fingerprint density at radius 2 is 2.10 bits per heavy atom. The molecule has 106 valence electrons. The van der Waals surface area contributed by atoms with Gasteiger partial charge in [-0.15, -0.1) is 0 Å². The number of methoxy groups -OCH3 is 1. The van der Waals surface area contributed by atoms with Gasteiger partial charge in [-0.25, -0.2) is 4.98 Å². The van der Waals surface area contributed by atoms with Crippen molar-refractivity contribution in [3.05, 3.63) is 47.1 Å². The van der Waals surface area contributed by atoms with Crippen LogP contribution in [0.4, 0.5) is 11.5 Å². The first-order chi connectivity index (χ1) is 9.61. The van der Waals surface area contributed by atoms with Crippen molar-refractivity contribution in [2.45, 2.75) is 6.54 Å². The number of anilines is 2. The third-order valence-electron chi connectivity index (χ3n) is 2.92. The van der Waals surface area contributed by atoms with Gasteiger partial charge in [-0.1, -0.05) is 11.6 Å². The van der Waals surface area contributed by atoms with Gasteiger partial charge in [0.2, 0.25) is 0 Å². The average Bonchev–Trinajstić information content (AvgIpc) is 2.45. The predicted molar refractivity (Wildman–Crippen MR) is 83.9 cm³/mol. The van der Waals surface area contributed by atoms with E-state index in [1.165, 1.54) is 0 Å². The molecule has 0 amide bonds. The number of hydrogen-bond donors (Lipinski definition) is 1. The van der Waals surface area contributed by atoms with Crippen LogP contribution < -0.4 is 15.0 Å². The Morgan fingerprint density at radius 1 is 1.30 bits per heavy atom. The molecule has 2 rings (SSSR count). The van der Waals surface area contributed by atoms with E-state index in [-0.39, 0.29) is 0 Å². The van der Waals surface area contributed by atoms with Crippen LogP contribution in [0.25, 0.3) is 0 Å². The second-order valence-corrected chi connectivity index (χ2v) is 5.02. The molecule has 0 spiro atoms. The van der Waals surface area contributed by atoms with Gasteiger partial charge in [0, 0.05) is 37.4 Å². The molecule has 5 heteroatoms. The molecule has 4 nitrogen and oxygen atoms in total. The summed E-state index contributed by atoms with van der Waals surface area (Å²) in [6.07, 6.45) is 1.78. The highest BCUT2D eigenvalue weighted by Gasteiger charge is 2.07. The summed E-state index contributed by atoms with van der Waals surface area (Å²) in [6, 6.07) is 9.50. The topological polar surface area (TPSA) is 37.4 Å². The number of pyridine rings is 1. The van der Waals surface area contributed by atoms with Crippen molar-refractivity contribution in [3.63, 3.8) is 0 Å². The summed E-state index contributed by atoms with van der Waals surface area (Å²) in [7, 11) is 5.59. The molecule has 0 fully saturated rings. The van der Waals surface area contributed by atoms with E-state index in [9.17, 15) is 0 Å². The molecule has 0 radical (unpaired) electrons. The molecule has 0 aliphatic heterocycles. The van der Waals surface area contributed by atoms with Gasteiger partial charge in [-0.3, -0.25) is 0 Å². The van der Waals surface area contributed by atoms with Gasteiger partial charge in [0.15, 0.2) is 5.82 Å². The van der Waals surface area contributed by atoms with E-state index in [0.29, 0.717) is 11.6 Å². The molecule has 0 aliphatic carbocycles. The monoisotopic (exact) mass is 291 g/mol. The van der Waals surface area contributed by atoms with E-state index in [4.69, 9.17) is 16.3 Å². The van der Waals surface area contributed by atoms with Gasteiger partial charge in [0.25, 0.3) is 0 Å². The van der Waals surface area contributed by atoms with Crippen LogP contribution in [0.3, 0.4) is 0 Å². The molecule has 1 heterocycles. The van der Waals surface area contributed by atoms with Crippen molar-refractivity contribution >= 4 is 23.1 Å². The molecule has 1 N–H and O–H groups in total. The molecule has 0 bridgehead atoms. The van der Waals surface area contributed by atoms with Crippen LogP contribution in [0.5, 0.6) is 5.75 Å². The molecule has 0 aliphatic rings. The summed E-state index contributed by atoms with van der Waals surface area (Å²) in [6.45, 7) is 0.621. The molecule has 2 aromatic rings. The smallest absolute Gasteiger partial charge is 0.151 e. The standard InChI is InChI=1S/C15H18ClN3O/c1-19(2)15-13(5-4-8-17-15)18-10-11-9-12(16)6-7-14(11)20-3/h4-9,18H,10H2,1-3H3. The fourth-order valence-corrected chi connectivity index (χ4v) is 2.16. The van der Waals surface area contributed by atoms with E-state index in [2.05, 4.69) is 10.3 Å². The Hall–Kier alpha value is -1.94. The fourth-order valence-electron chi connectivity index (χ4n) is 1.97. The Bertz CT molecular complexity index is 587. The van der Waals surface area contributed by atoms with Gasteiger partial charge in [0.05, 0.1) is 12.8 Å². The number of nitrogens with zero attached hydrogens (tertiary/aromatic N) is 2. The average molecular weight is 292 g/mol. The third-order valence-corrected chi connectivity index (χ3v) is 3.16. The lowest BCUT2D eigenvalue weighted by atomic mass is 10.2. The van der Waals surface area contributed by atoms with E-state index in [0.717, 1.165) is 22.8 Å². The third kappa shape index (κ3) is 3.33. The van der Waals surface area contributed by atoms with Crippen molar-refractivity contribution in [1.29, 1.82) is 0 Å². The van der Waals surface area contributed by atoms with Crippen molar-refractivity contribution < 1.29 is 4.74 Å². The second kappa shape index (κ2) is 6.48. The molecule has 0 unspecified atom stereocenters. The number of nitrogens with one attached hydrogen (secondary N) is 1. The lowest BCUT2D eigenvalue weighted by molar-refractivity contribution is 0.410. The molecule has 20 heavy (non-hydrogen) atoms.